The van der Waals surface area contributed by atoms with Crippen molar-refractivity contribution in [1.82, 2.24) is 9.97 Å². The third-order valence-corrected chi connectivity index (χ3v) is 1.15. The predicted octanol–water partition coefficient (Wildman–Crippen LogP) is 0.192. The van der Waals surface area contributed by atoms with E-state index in [4.69, 9.17) is 0 Å². The van der Waals surface area contributed by atoms with Crippen LogP contribution in [-0.4, -0.2) is 23.0 Å². The van der Waals surface area contributed by atoms with E-state index in [2.05, 4.69) is 14.7 Å². The van der Waals surface area contributed by atoms with Crippen LogP contribution in [-0.2, 0) is 16.0 Å². The van der Waals surface area contributed by atoms with Crippen molar-refractivity contribution in [2.24, 2.45) is 0 Å². The monoisotopic (exact) mass is 152 g/mol. The third-order valence-electron chi connectivity index (χ3n) is 1.15. The summed E-state index contributed by atoms with van der Waals surface area (Å²) in [7, 11) is 1.34. The summed E-state index contributed by atoms with van der Waals surface area (Å²) in [6.07, 6.45) is 3.31. The van der Waals surface area contributed by atoms with Crippen molar-refractivity contribution in [1.29, 1.82) is 0 Å². The molecule has 58 valence electrons. The first-order valence-electron chi connectivity index (χ1n) is 3.15. The molecule has 1 rings (SSSR count). The Kier molecular flexibility index (Phi) is 2.54. The number of carbonyl (C=O) groups excluding carboxylic acids is 1. The van der Waals surface area contributed by atoms with Crippen LogP contribution in [0.3, 0.4) is 0 Å². The minimum Gasteiger partial charge on any atom is -0.469 e. The molecule has 4 heteroatoms. The Labute approximate surface area is 64.2 Å². The fourth-order valence-electron chi connectivity index (χ4n) is 0.623. The Bertz CT molecular complexity index is 235. The summed E-state index contributed by atoms with van der Waals surface area (Å²) in [5.41, 5.74) is 0. The summed E-state index contributed by atoms with van der Waals surface area (Å²) in [6, 6.07) is 1.70. The number of ether oxygens (including phenoxy) is 1. The molecule has 0 aliphatic rings. The summed E-state index contributed by atoms with van der Waals surface area (Å²) in [5, 5.41) is 0. The van der Waals surface area contributed by atoms with Crippen LogP contribution in [0.25, 0.3) is 0 Å². The zero-order valence-electron chi connectivity index (χ0n) is 6.15. The average molecular weight is 152 g/mol. The molecule has 4 nitrogen and oxygen atoms in total. The summed E-state index contributed by atoms with van der Waals surface area (Å²) in [6.45, 7) is 0. The van der Waals surface area contributed by atoms with Crippen molar-refractivity contribution >= 4 is 5.97 Å². The molecule has 0 spiro atoms. The van der Waals surface area contributed by atoms with Crippen LogP contribution in [0.2, 0.25) is 0 Å². The molecule has 11 heavy (non-hydrogen) atoms. The zero-order chi connectivity index (χ0) is 8.10. The van der Waals surface area contributed by atoms with Crippen molar-refractivity contribution in [3.63, 3.8) is 0 Å². The number of hydrogen-bond donors (Lipinski definition) is 0. The van der Waals surface area contributed by atoms with E-state index in [0.29, 0.717) is 5.82 Å². The first kappa shape index (κ1) is 7.65. The van der Waals surface area contributed by atoms with E-state index < -0.39 is 0 Å². The average Bonchev–Trinajstić information content (AvgIpc) is 2.06. The topological polar surface area (TPSA) is 52.1 Å². The number of methoxy groups -OCH3 is 1. The molecule has 1 aromatic heterocycles. The van der Waals surface area contributed by atoms with E-state index >= 15 is 0 Å². The van der Waals surface area contributed by atoms with Gasteiger partial charge in [0.25, 0.3) is 0 Å². The second-order valence-corrected chi connectivity index (χ2v) is 1.92. The van der Waals surface area contributed by atoms with Crippen molar-refractivity contribution in [3.05, 3.63) is 24.3 Å². The number of esters is 1. The fraction of sp³-hybridized carbons (Fsp3) is 0.286. The highest BCUT2D eigenvalue weighted by Crippen LogP contribution is 1.90. The van der Waals surface area contributed by atoms with Crippen molar-refractivity contribution < 1.29 is 9.53 Å². The second kappa shape index (κ2) is 3.65. The Balaban J connectivity index is 2.58. The summed E-state index contributed by atoms with van der Waals surface area (Å²) in [4.78, 5) is 18.4. The van der Waals surface area contributed by atoms with Gasteiger partial charge in [0, 0.05) is 12.4 Å². The summed E-state index contributed by atoms with van der Waals surface area (Å²) < 4.78 is 4.44. The lowest BCUT2D eigenvalue weighted by molar-refractivity contribution is -0.139. The van der Waals surface area contributed by atoms with E-state index in [1.165, 1.54) is 7.11 Å². The van der Waals surface area contributed by atoms with Crippen molar-refractivity contribution in [3.8, 4) is 0 Å². The molecule has 0 saturated heterocycles. The van der Waals surface area contributed by atoms with Gasteiger partial charge in [-0.3, -0.25) is 4.79 Å². The maximum absolute atomic E-state index is 10.7. The molecule has 0 aliphatic carbocycles. The van der Waals surface area contributed by atoms with Gasteiger partial charge in [-0.25, -0.2) is 9.97 Å². The smallest absolute Gasteiger partial charge is 0.313 e. The predicted molar refractivity (Wildman–Crippen MR) is 37.8 cm³/mol. The normalized spacial score (nSPS) is 9.18. The molecule has 0 bridgehead atoms. The highest BCUT2D eigenvalue weighted by atomic mass is 16.5. The van der Waals surface area contributed by atoms with Gasteiger partial charge >= 0.3 is 5.97 Å². The number of carbonyl (C=O) groups is 1. The zero-order valence-corrected chi connectivity index (χ0v) is 6.15. The van der Waals surface area contributed by atoms with E-state index in [-0.39, 0.29) is 12.4 Å². The highest BCUT2D eigenvalue weighted by molar-refractivity contribution is 5.71. The van der Waals surface area contributed by atoms with E-state index in [1.807, 2.05) is 0 Å². The lowest BCUT2D eigenvalue weighted by Gasteiger charge is -1.95. The minimum absolute atomic E-state index is 0.136. The molecule has 0 N–H and O–H groups in total. The van der Waals surface area contributed by atoms with Crippen LogP contribution in [0.4, 0.5) is 0 Å². The molecule has 1 heterocycles. The molecule has 0 saturated carbocycles. The lowest BCUT2D eigenvalue weighted by atomic mass is 10.4. The second-order valence-electron chi connectivity index (χ2n) is 1.92. The van der Waals surface area contributed by atoms with Crippen LogP contribution in [0.15, 0.2) is 18.5 Å². The highest BCUT2D eigenvalue weighted by Gasteiger charge is 2.02. The first-order valence-corrected chi connectivity index (χ1v) is 3.15. The molecule has 0 amide bonds. The fourth-order valence-corrected chi connectivity index (χ4v) is 0.623. The SMILES string of the molecule is COC(=O)Cc1ncccn1. The van der Waals surface area contributed by atoms with E-state index in [1.54, 1.807) is 18.5 Å². The maximum Gasteiger partial charge on any atom is 0.313 e. The van der Waals surface area contributed by atoms with Gasteiger partial charge in [0.15, 0.2) is 0 Å². The molecule has 0 atom stereocenters. The first-order chi connectivity index (χ1) is 5.33. The minimum atomic E-state index is -0.323. The molecule has 0 aromatic carbocycles. The Morgan fingerprint density at radius 2 is 2.18 bits per heavy atom. The number of aromatic nitrogens is 2. The van der Waals surface area contributed by atoms with Crippen LogP contribution in [0.5, 0.6) is 0 Å². The van der Waals surface area contributed by atoms with Crippen LogP contribution >= 0.6 is 0 Å². The van der Waals surface area contributed by atoms with Gasteiger partial charge < -0.3 is 4.74 Å². The quantitative estimate of drug-likeness (QED) is 0.568. The molecular formula is C7H8N2O2. The standard InChI is InChI=1S/C7H8N2O2/c1-11-7(10)5-6-8-3-2-4-9-6/h2-4H,5H2,1H3. The maximum atomic E-state index is 10.7. The van der Waals surface area contributed by atoms with Crippen molar-refractivity contribution in [2.75, 3.05) is 7.11 Å². The van der Waals surface area contributed by atoms with Gasteiger partial charge in [-0.05, 0) is 6.07 Å². The van der Waals surface area contributed by atoms with E-state index in [0.717, 1.165) is 0 Å². The third kappa shape index (κ3) is 2.33. The van der Waals surface area contributed by atoms with Gasteiger partial charge in [0.1, 0.15) is 12.2 Å². The van der Waals surface area contributed by atoms with Crippen LogP contribution < -0.4 is 0 Å². The molecule has 0 fully saturated rings. The summed E-state index contributed by atoms with van der Waals surface area (Å²) >= 11 is 0. The lowest BCUT2D eigenvalue weighted by Crippen LogP contribution is -2.07. The van der Waals surface area contributed by atoms with Crippen LogP contribution in [0, 0.1) is 0 Å². The number of nitrogens with zero attached hydrogens (tertiary/aromatic N) is 2. The largest absolute Gasteiger partial charge is 0.469 e. The van der Waals surface area contributed by atoms with Crippen molar-refractivity contribution in [2.45, 2.75) is 6.42 Å². The molecule has 1 aromatic rings. The van der Waals surface area contributed by atoms with Gasteiger partial charge in [-0.2, -0.15) is 0 Å². The number of rotatable bonds is 2. The van der Waals surface area contributed by atoms with Crippen LogP contribution in [0.1, 0.15) is 5.82 Å². The molecule has 0 radical (unpaired) electrons. The van der Waals surface area contributed by atoms with Gasteiger partial charge in [0.2, 0.25) is 0 Å². The molecular weight excluding hydrogens is 144 g/mol. The number of hydrogen-bond acceptors (Lipinski definition) is 4. The van der Waals surface area contributed by atoms with E-state index in [9.17, 15) is 4.79 Å². The van der Waals surface area contributed by atoms with Gasteiger partial charge in [0.05, 0.1) is 7.11 Å². The Morgan fingerprint density at radius 1 is 1.55 bits per heavy atom. The van der Waals surface area contributed by atoms with Gasteiger partial charge in [-0.1, -0.05) is 0 Å². The Hall–Kier alpha value is -1.45. The Morgan fingerprint density at radius 3 is 2.73 bits per heavy atom. The molecule has 0 aliphatic heterocycles. The summed E-state index contributed by atoms with van der Waals surface area (Å²) in [5.74, 6) is 0.163. The molecule has 0 unspecified atom stereocenters. The van der Waals surface area contributed by atoms with Gasteiger partial charge in [-0.15, -0.1) is 0 Å².